The minimum atomic E-state index is -3.43. The zero-order chi connectivity index (χ0) is 15.5. The molecule has 0 amide bonds. The van der Waals surface area contributed by atoms with E-state index in [9.17, 15) is 8.42 Å². The monoisotopic (exact) mass is 311 g/mol. The Bertz CT molecular complexity index is 574. The van der Waals surface area contributed by atoms with Crippen LogP contribution in [0.15, 0.2) is 29.2 Å². The summed E-state index contributed by atoms with van der Waals surface area (Å²) in [4.78, 5) is 2.57. The van der Waals surface area contributed by atoms with Gasteiger partial charge in [0.15, 0.2) is 0 Å². The van der Waals surface area contributed by atoms with E-state index in [1.165, 1.54) is 13.5 Å². The summed E-state index contributed by atoms with van der Waals surface area (Å²) in [5.41, 5.74) is 0.805. The highest BCUT2D eigenvalue weighted by atomic mass is 32.2. The first-order valence-electron chi connectivity index (χ1n) is 7.44. The third-order valence-corrected chi connectivity index (χ3v) is 5.85. The summed E-state index contributed by atoms with van der Waals surface area (Å²) >= 11 is 0. The lowest BCUT2D eigenvalue weighted by molar-refractivity contribution is 0.332. The van der Waals surface area contributed by atoms with Crippen LogP contribution in [-0.4, -0.2) is 41.6 Å². The van der Waals surface area contributed by atoms with Gasteiger partial charge in [-0.2, -0.15) is 0 Å². The molecule has 0 saturated carbocycles. The van der Waals surface area contributed by atoms with Crippen LogP contribution >= 0.6 is 0 Å². The van der Waals surface area contributed by atoms with Crippen LogP contribution in [0.2, 0.25) is 0 Å². The van der Waals surface area contributed by atoms with Gasteiger partial charge in [0.25, 0.3) is 0 Å². The van der Waals surface area contributed by atoms with Crippen molar-refractivity contribution < 1.29 is 8.42 Å². The molecular formula is C15H25N3O2S. The van der Waals surface area contributed by atoms with Gasteiger partial charge in [-0.15, -0.1) is 0 Å². The van der Waals surface area contributed by atoms with E-state index < -0.39 is 10.0 Å². The van der Waals surface area contributed by atoms with Gasteiger partial charge in [-0.3, -0.25) is 0 Å². The van der Waals surface area contributed by atoms with Crippen molar-refractivity contribution in [2.45, 2.75) is 30.7 Å². The fraction of sp³-hybridized carbons (Fsp3) is 0.600. The Balaban J connectivity index is 2.30. The Morgan fingerprint density at radius 3 is 2.67 bits per heavy atom. The molecule has 0 bridgehead atoms. The molecule has 1 heterocycles. The third-order valence-electron chi connectivity index (χ3n) is 4.38. The van der Waals surface area contributed by atoms with E-state index in [4.69, 9.17) is 0 Å². The van der Waals surface area contributed by atoms with Crippen LogP contribution in [0.3, 0.4) is 0 Å². The van der Waals surface area contributed by atoms with Crippen LogP contribution in [-0.2, 0) is 10.0 Å². The molecule has 1 fully saturated rings. The van der Waals surface area contributed by atoms with Crippen LogP contribution in [0.1, 0.15) is 19.8 Å². The number of rotatable bonds is 5. The first-order valence-corrected chi connectivity index (χ1v) is 8.92. The maximum absolute atomic E-state index is 12.2. The lowest BCUT2D eigenvalue weighted by Gasteiger charge is -2.37. The van der Waals surface area contributed by atoms with Crippen molar-refractivity contribution in [2.24, 2.45) is 5.92 Å². The molecule has 118 valence electrons. The molecule has 0 aromatic heterocycles. The highest BCUT2D eigenvalue weighted by Crippen LogP contribution is 2.30. The molecule has 1 saturated heterocycles. The van der Waals surface area contributed by atoms with Crippen molar-refractivity contribution in [1.82, 2.24) is 10.0 Å². The van der Waals surface area contributed by atoms with Gasteiger partial charge in [0, 0.05) is 19.1 Å². The second-order valence-corrected chi connectivity index (χ2v) is 7.46. The van der Waals surface area contributed by atoms with Gasteiger partial charge in [0.1, 0.15) is 4.90 Å². The second-order valence-electron chi connectivity index (χ2n) is 5.60. The van der Waals surface area contributed by atoms with Crippen molar-refractivity contribution in [3.05, 3.63) is 24.3 Å². The minimum absolute atomic E-state index is 0.366. The van der Waals surface area contributed by atoms with E-state index in [0.717, 1.165) is 25.2 Å². The topological polar surface area (TPSA) is 61.4 Å². The van der Waals surface area contributed by atoms with E-state index in [2.05, 4.69) is 21.9 Å². The average Bonchev–Trinajstić information content (AvgIpc) is 2.54. The number of piperidine rings is 1. The fourth-order valence-electron chi connectivity index (χ4n) is 2.93. The zero-order valence-electron chi connectivity index (χ0n) is 13.0. The van der Waals surface area contributed by atoms with Gasteiger partial charge in [0.05, 0.1) is 5.69 Å². The highest BCUT2D eigenvalue weighted by molar-refractivity contribution is 7.89. The molecular weight excluding hydrogens is 286 g/mol. The normalized spacial score (nSPS) is 21.3. The smallest absolute Gasteiger partial charge is 0.242 e. The molecule has 0 aliphatic carbocycles. The maximum Gasteiger partial charge on any atom is 0.242 e. The van der Waals surface area contributed by atoms with Gasteiger partial charge in [-0.05, 0) is 51.9 Å². The number of nitrogens with zero attached hydrogens (tertiary/aromatic N) is 1. The minimum Gasteiger partial charge on any atom is -0.370 e. The van der Waals surface area contributed by atoms with Gasteiger partial charge >= 0.3 is 0 Å². The number of para-hydroxylation sites is 1. The van der Waals surface area contributed by atoms with E-state index in [1.807, 2.05) is 19.2 Å². The Morgan fingerprint density at radius 1 is 1.29 bits per heavy atom. The van der Waals surface area contributed by atoms with Gasteiger partial charge in [-0.1, -0.05) is 12.1 Å². The first kappa shape index (κ1) is 16.3. The van der Waals surface area contributed by atoms with Crippen LogP contribution in [0.4, 0.5) is 5.69 Å². The molecule has 1 aliphatic rings. The number of hydrogen-bond acceptors (Lipinski definition) is 4. The largest absolute Gasteiger partial charge is 0.370 e. The van der Waals surface area contributed by atoms with Gasteiger partial charge in [-0.25, -0.2) is 13.1 Å². The molecule has 2 unspecified atom stereocenters. The fourth-order valence-corrected chi connectivity index (χ4v) is 3.88. The molecule has 2 N–H and O–H groups in total. The lowest BCUT2D eigenvalue weighted by atomic mass is 9.91. The zero-order valence-corrected chi connectivity index (χ0v) is 13.8. The Hall–Kier alpha value is -1.11. The van der Waals surface area contributed by atoms with Gasteiger partial charge in [0.2, 0.25) is 10.0 Å². The van der Waals surface area contributed by atoms with E-state index in [0.29, 0.717) is 16.9 Å². The third kappa shape index (κ3) is 3.56. The maximum atomic E-state index is 12.2. The van der Waals surface area contributed by atoms with Crippen LogP contribution < -0.4 is 14.9 Å². The molecule has 0 radical (unpaired) electrons. The molecule has 0 spiro atoms. The first-order chi connectivity index (χ1) is 9.99. The molecule has 5 nitrogen and oxygen atoms in total. The molecule has 2 rings (SSSR count). The van der Waals surface area contributed by atoms with Crippen LogP contribution in [0, 0.1) is 5.92 Å². The number of benzene rings is 1. The quantitative estimate of drug-likeness (QED) is 0.863. The molecule has 1 aliphatic heterocycles. The van der Waals surface area contributed by atoms with Crippen molar-refractivity contribution >= 4 is 15.7 Å². The molecule has 1 aromatic rings. The Labute approximate surface area is 127 Å². The Kier molecular flexibility index (Phi) is 5.24. The van der Waals surface area contributed by atoms with Crippen molar-refractivity contribution in [3.8, 4) is 0 Å². The second kappa shape index (κ2) is 6.77. The number of nitrogens with one attached hydrogen (secondary N) is 2. The summed E-state index contributed by atoms with van der Waals surface area (Å²) < 4.78 is 26.8. The van der Waals surface area contributed by atoms with Crippen molar-refractivity contribution in [2.75, 3.05) is 32.1 Å². The van der Waals surface area contributed by atoms with Crippen LogP contribution in [0.5, 0.6) is 0 Å². The van der Waals surface area contributed by atoms with Crippen LogP contribution in [0.25, 0.3) is 0 Å². The molecule has 21 heavy (non-hydrogen) atoms. The van der Waals surface area contributed by atoms with E-state index in [-0.39, 0.29) is 0 Å². The highest BCUT2D eigenvalue weighted by Gasteiger charge is 2.27. The summed E-state index contributed by atoms with van der Waals surface area (Å²) in [5.74, 6) is 0.536. The predicted molar refractivity (Wildman–Crippen MR) is 86.1 cm³/mol. The predicted octanol–water partition coefficient (Wildman–Crippen LogP) is 1.42. The summed E-state index contributed by atoms with van der Waals surface area (Å²) in [6.45, 7) is 3.98. The van der Waals surface area contributed by atoms with Gasteiger partial charge < -0.3 is 10.2 Å². The number of anilines is 1. The molecule has 1 aromatic carbocycles. The lowest BCUT2D eigenvalue weighted by Crippen LogP contribution is -2.44. The standard InChI is InChI=1S/C15H25N3O2S/c1-12(16-2)13-7-6-10-18(11-13)14-8-4-5-9-15(14)21(19,20)17-3/h4-5,8-9,12-13,16-17H,6-7,10-11H2,1-3H3. The van der Waals surface area contributed by atoms with Crippen molar-refractivity contribution in [3.63, 3.8) is 0 Å². The number of hydrogen-bond donors (Lipinski definition) is 2. The Morgan fingerprint density at radius 2 is 2.00 bits per heavy atom. The SMILES string of the molecule is CNC(C)C1CCCN(c2ccccc2S(=O)(=O)NC)C1. The van der Waals surface area contributed by atoms with Crippen molar-refractivity contribution in [1.29, 1.82) is 0 Å². The molecule has 6 heteroatoms. The summed E-state index contributed by atoms with van der Waals surface area (Å²) in [7, 11) is -0.000963. The summed E-state index contributed by atoms with van der Waals surface area (Å²) in [6.07, 6.45) is 2.27. The summed E-state index contributed by atoms with van der Waals surface area (Å²) in [6, 6.07) is 7.67. The number of sulfonamides is 1. The average molecular weight is 311 g/mol. The summed E-state index contributed by atoms with van der Waals surface area (Å²) in [5, 5.41) is 3.31. The van der Waals surface area contributed by atoms with E-state index in [1.54, 1.807) is 12.1 Å². The molecule has 2 atom stereocenters. The van der Waals surface area contributed by atoms with E-state index >= 15 is 0 Å².